The molecular weight excluding hydrogens is 316 g/mol. The van der Waals surface area contributed by atoms with E-state index in [1.807, 2.05) is 6.92 Å². The first-order valence-corrected chi connectivity index (χ1v) is 9.72. The summed E-state index contributed by atoms with van der Waals surface area (Å²) in [6.45, 7) is 11.9. The SMILES string of the molecule is C=C1CC[C@@H]2O[C@@]2(C)CC[C@H]2[C@H]1C[C@]2(C)C(=O)CC[C@@H](C)OC(C)=O. The van der Waals surface area contributed by atoms with Crippen molar-refractivity contribution in [3.05, 3.63) is 12.2 Å². The molecule has 1 heterocycles. The summed E-state index contributed by atoms with van der Waals surface area (Å²) in [5, 5.41) is 0. The van der Waals surface area contributed by atoms with E-state index in [0.29, 0.717) is 36.6 Å². The Labute approximate surface area is 151 Å². The number of rotatable bonds is 5. The molecule has 0 aromatic carbocycles. The Kier molecular flexibility index (Phi) is 4.87. The molecule has 0 spiro atoms. The summed E-state index contributed by atoms with van der Waals surface area (Å²) < 4.78 is 11.1. The maximum Gasteiger partial charge on any atom is 0.302 e. The molecule has 0 aromatic heterocycles. The summed E-state index contributed by atoms with van der Waals surface area (Å²) in [5.41, 5.74) is 1.08. The normalized spacial score (nSPS) is 41.1. The molecule has 140 valence electrons. The molecule has 25 heavy (non-hydrogen) atoms. The topological polar surface area (TPSA) is 55.9 Å². The average molecular weight is 348 g/mol. The van der Waals surface area contributed by atoms with Crippen molar-refractivity contribution in [3.8, 4) is 0 Å². The zero-order valence-corrected chi connectivity index (χ0v) is 16.1. The van der Waals surface area contributed by atoms with Crippen LogP contribution in [0.4, 0.5) is 0 Å². The first-order valence-electron chi connectivity index (χ1n) is 9.72. The molecule has 3 aliphatic rings. The fourth-order valence-corrected chi connectivity index (χ4v) is 5.08. The van der Waals surface area contributed by atoms with Crippen molar-refractivity contribution in [3.63, 3.8) is 0 Å². The number of allylic oxidation sites excluding steroid dienone is 1. The first-order chi connectivity index (χ1) is 11.7. The quantitative estimate of drug-likeness (QED) is 0.424. The molecule has 1 aliphatic heterocycles. The third-order valence-electron chi connectivity index (χ3n) is 6.97. The highest BCUT2D eigenvalue weighted by Crippen LogP contribution is 2.60. The van der Waals surface area contributed by atoms with Crippen molar-refractivity contribution in [2.24, 2.45) is 17.3 Å². The van der Waals surface area contributed by atoms with Gasteiger partial charge in [-0.1, -0.05) is 19.1 Å². The fourth-order valence-electron chi connectivity index (χ4n) is 5.08. The summed E-state index contributed by atoms with van der Waals surface area (Å²) in [5.74, 6) is 0.908. The average Bonchev–Trinajstić information content (AvgIpc) is 3.16. The minimum absolute atomic E-state index is 0.0263. The summed E-state index contributed by atoms with van der Waals surface area (Å²) >= 11 is 0. The van der Waals surface area contributed by atoms with Gasteiger partial charge in [0.25, 0.3) is 0 Å². The van der Waals surface area contributed by atoms with E-state index in [4.69, 9.17) is 9.47 Å². The van der Waals surface area contributed by atoms with E-state index >= 15 is 0 Å². The Hall–Kier alpha value is -1.16. The number of ketones is 1. The van der Waals surface area contributed by atoms with E-state index in [1.54, 1.807) is 0 Å². The van der Waals surface area contributed by atoms with E-state index in [1.165, 1.54) is 12.5 Å². The van der Waals surface area contributed by atoms with Gasteiger partial charge in [0.2, 0.25) is 0 Å². The van der Waals surface area contributed by atoms with Gasteiger partial charge in [0.15, 0.2) is 0 Å². The van der Waals surface area contributed by atoms with Crippen molar-refractivity contribution < 1.29 is 19.1 Å². The zero-order chi connectivity index (χ0) is 18.4. The van der Waals surface area contributed by atoms with Crippen molar-refractivity contribution in [2.45, 2.75) is 90.4 Å². The maximum absolute atomic E-state index is 13.0. The number of hydrogen-bond acceptors (Lipinski definition) is 4. The molecule has 0 amide bonds. The molecule has 2 aliphatic carbocycles. The van der Waals surface area contributed by atoms with Crippen LogP contribution in [0.1, 0.15) is 72.6 Å². The van der Waals surface area contributed by atoms with Gasteiger partial charge in [-0.15, -0.1) is 0 Å². The molecule has 6 atom stereocenters. The Morgan fingerprint density at radius 1 is 1.36 bits per heavy atom. The lowest BCUT2D eigenvalue weighted by Crippen LogP contribution is -2.52. The minimum atomic E-state index is -0.283. The van der Waals surface area contributed by atoms with Crippen LogP contribution in [0.2, 0.25) is 0 Å². The molecule has 2 saturated carbocycles. The van der Waals surface area contributed by atoms with E-state index in [9.17, 15) is 9.59 Å². The second kappa shape index (κ2) is 6.53. The lowest BCUT2D eigenvalue weighted by Gasteiger charge is -2.54. The third-order valence-corrected chi connectivity index (χ3v) is 6.97. The molecule has 4 nitrogen and oxygen atoms in total. The van der Waals surface area contributed by atoms with Crippen LogP contribution in [0.25, 0.3) is 0 Å². The lowest BCUT2D eigenvalue weighted by molar-refractivity contribution is -0.149. The van der Waals surface area contributed by atoms with Crippen LogP contribution in [-0.2, 0) is 19.1 Å². The van der Waals surface area contributed by atoms with E-state index < -0.39 is 0 Å². The van der Waals surface area contributed by atoms with Gasteiger partial charge in [0, 0.05) is 18.8 Å². The van der Waals surface area contributed by atoms with E-state index in [-0.39, 0.29) is 23.1 Å². The fraction of sp³-hybridized carbons (Fsp3) is 0.810. The van der Waals surface area contributed by atoms with Crippen LogP contribution in [-0.4, -0.2) is 29.6 Å². The number of epoxide rings is 1. The predicted molar refractivity (Wildman–Crippen MR) is 96.1 cm³/mol. The summed E-state index contributed by atoms with van der Waals surface area (Å²) in [6.07, 6.45) is 6.38. The molecule has 1 saturated heterocycles. The largest absolute Gasteiger partial charge is 0.463 e. The van der Waals surface area contributed by atoms with Crippen LogP contribution in [0.5, 0.6) is 0 Å². The number of ether oxygens (including phenoxy) is 2. The van der Waals surface area contributed by atoms with E-state index in [0.717, 1.165) is 32.1 Å². The summed E-state index contributed by atoms with van der Waals surface area (Å²) in [7, 11) is 0. The Morgan fingerprint density at radius 3 is 2.76 bits per heavy atom. The number of carbonyl (C=O) groups excluding carboxylic acids is 2. The van der Waals surface area contributed by atoms with Crippen molar-refractivity contribution in [2.75, 3.05) is 0 Å². The van der Waals surface area contributed by atoms with Gasteiger partial charge in [-0.3, -0.25) is 9.59 Å². The molecule has 0 N–H and O–H groups in total. The van der Waals surface area contributed by atoms with Gasteiger partial charge >= 0.3 is 5.97 Å². The van der Waals surface area contributed by atoms with Crippen LogP contribution in [0.15, 0.2) is 12.2 Å². The van der Waals surface area contributed by atoms with Gasteiger partial charge in [0.1, 0.15) is 5.78 Å². The standard InChI is InChI=1S/C21H32O4/c1-13-6-9-19-21(5,25-19)11-10-17-16(13)12-20(17,4)18(23)8-7-14(2)24-15(3)22/h14,16-17,19H,1,6-12H2,2-5H3/t14-,16+,17+,19+,20+,21+/m1/s1. The molecule has 0 bridgehead atoms. The smallest absolute Gasteiger partial charge is 0.302 e. The molecule has 3 rings (SSSR count). The molecule has 0 radical (unpaired) electrons. The van der Waals surface area contributed by atoms with E-state index in [2.05, 4.69) is 20.4 Å². The van der Waals surface area contributed by atoms with Crippen molar-refractivity contribution in [1.29, 1.82) is 0 Å². The highest BCUT2D eigenvalue weighted by Gasteiger charge is 2.59. The number of carbonyl (C=O) groups is 2. The summed E-state index contributed by atoms with van der Waals surface area (Å²) in [4.78, 5) is 24.0. The van der Waals surface area contributed by atoms with Gasteiger partial charge in [-0.25, -0.2) is 0 Å². The second-order valence-corrected chi connectivity index (χ2v) is 8.87. The molecule has 3 fully saturated rings. The van der Waals surface area contributed by atoms with Gasteiger partial charge < -0.3 is 9.47 Å². The number of hydrogen-bond donors (Lipinski definition) is 0. The third kappa shape index (κ3) is 3.55. The van der Waals surface area contributed by atoms with Crippen molar-refractivity contribution in [1.82, 2.24) is 0 Å². The number of Topliss-reactive ketones (excluding diaryl/α,β-unsaturated/α-hetero) is 1. The van der Waals surface area contributed by atoms with Gasteiger partial charge in [-0.2, -0.15) is 0 Å². The van der Waals surface area contributed by atoms with Crippen molar-refractivity contribution >= 4 is 11.8 Å². The first kappa shape index (κ1) is 18.6. The summed E-state index contributed by atoms with van der Waals surface area (Å²) in [6, 6.07) is 0. The minimum Gasteiger partial charge on any atom is -0.463 e. The molecule has 4 heteroatoms. The number of fused-ring (bicyclic) bond motifs is 2. The molecule has 0 unspecified atom stereocenters. The molecular formula is C21H32O4. The van der Waals surface area contributed by atoms with Crippen LogP contribution in [0.3, 0.4) is 0 Å². The van der Waals surface area contributed by atoms with Gasteiger partial charge in [0.05, 0.1) is 17.8 Å². The highest BCUT2D eigenvalue weighted by molar-refractivity contribution is 5.86. The lowest BCUT2D eigenvalue weighted by atomic mass is 9.49. The number of esters is 1. The Bertz CT molecular complexity index is 582. The Morgan fingerprint density at radius 2 is 2.08 bits per heavy atom. The van der Waals surface area contributed by atoms with Crippen LogP contribution in [0, 0.1) is 17.3 Å². The van der Waals surface area contributed by atoms with Gasteiger partial charge in [-0.05, 0) is 64.2 Å². The maximum atomic E-state index is 13.0. The van der Waals surface area contributed by atoms with Crippen LogP contribution >= 0.6 is 0 Å². The Balaban J connectivity index is 1.62. The zero-order valence-electron chi connectivity index (χ0n) is 16.1. The van der Waals surface area contributed by atoms with Crippen LogP contribution < -0.4 is 0 Å². The molecule has 0 aromatic rings. The predicted octanol–water partition coefficient (Wildman–Crippen LogP) is 4.22. The second-order valence-electron chi connectivity index (χ2n) is 8.87. The highest BCUT2D eigenvalue weighted by atomic mass is 16.6. The monoisotopic (exact) mass is 348 g/mol.